The highest BCUT2D eigenvalue weighted by atomic mass is 32.2. The van der Waals surface area contributed by atoms with Crippen LogP contribution in [-0.2, 0) is 19.6 Å². The first-order valence-corrected chi connectivity index (χ1v) is 9.95. The molecular formula is C18H22N2O6S. The summed E-state index contributed by atoms with van der Waals surface area (Å²) >= 11 is 0. The molecule has 1 aromatic rings. The lowest BCUT2D eigenvalue weighted by Gasteiger charge is -2.27. The molecule has 3 N–H and O–H groups in total. The predicted molar refractivity (Wildman–Crippen MR) is 97.5 cm³/mol. The van der Waals surface area contributed by atoms with Crippen LogP contribution in [0, 0.1) is 24.2 Å². The molecule has 9 heteroatoms. The highest BCUT2D eigenvalue weighted by Gasteiger charge is 2.30. The lowest BCUT2D eigenvalue weighted by atomic mass is 9.86. The van der Waals surface area contributed by atoms with Gasteiger partial charge >= 0.3 is 5.97 Å². The zero-order valence-electron chi connectivity index (χ0n) is 14.7. The van der Waals surface area contributed by atoms with Crippen molar-refractivity contribution >= 4 is 21.9 Å². The Bertz CT molecular complexity index is 807. The normalized spacial score (nSPS) is 16.3. The second-order valence-electron chi connectivity index (χ2n) is 6.16. The van der Waals surface area contributed by atoms with Crippen LogP contribution in [0.3, 0.4) is 0 Å². The SMILES string of the molecule is C#CCNS(=O)(=O)c1ccc(C(=O)NCC(C(=O)O)C2CCOCC2)cc1. The average molecular weight is 394 g/mol. The molecule has 0 spiro atoms. The minimum absolute atomic E-state index is 0.00259. The van der Waals surface area contributed by atoms with Crippen LogP contribution in [0.1, 0.15) is 23.2 Å². The Morgan fingerprint density at radius 2 is 1.89 bits per heavy atom. The third kappa shape index (κ3) is 5.79. The van der Waals surface area contributed by atoms with Crippen LogP contribution in [0.15, 0.2) is 29.2 Å². The molecule has 0 aliphatic carbocycles. The molecular weight excluding hydrogens is 372 g/mol. The van der Waals surface area contributed by atoms with E-state index in [2.05, 4.69) is 16.0 Å². The lowest BCUT2D eigenvalue weighted by molar-refractivity contribution is -0.144. The first kappa shape index (κ1) is 20.9. The molecule has 1 fully saturated rings. The van der Waals surface area contributed by atoms with Crippen molar-refractivity contribution in [1.82, 2.24) is 10.0 Å². The molecule has 1 saturated heterocycles. The third-order valence-electron chi connectivity index (χ3n) is 4.43. The van der Waals surface area contributed by atoms with Crippen molar-refractivity contribution in [1.29, 1.82) is 0 Å². The molecule has 1 atom stereocenters. The van der Waals surface area contributed by atoms with E-state index in [1.54, 1.807) is 0 Å². The fourth-order valence-electron chi connectivity index (χ4n) is 2.88. The van der Waals surface area contributed by atoms with Gasteiger partial charge < -0.3 is 15.2 Å². The van der Waals surface area contributed by atoms with Gasteiger partial charge in [0.05, 0.1) is 17.4 Å². The standard InChI is InChI=1S/C18H22N2O6S/c1-2-9-20-27(24,25)15-5-3-14(4-6-15)17(21)19-12-16(18(22)23)13-7-10-26-11-8-13/h1,3-6,13,16,20H,7-12H2,(H,19,21)(H,22,23). The fraction of sp³-hybridized carbons (Fsp3) is 0.444. The topological polar surface area (TPSA) is 122 Å². The average Bonchev–Trinajstić information content (AvgIpc) is 2.67. The van der Waals surface area contributed by atoms with Gasteiger partial charge in [0.2, 0.25) is 10.0 Å². The molecule has 146 valence electrons. The Morgan fingerprint density at radius 3 is 2.44 bits per heavy atom. The minimum Gasteiger partial charge on any atom is -0.481 e. The van der Waals surface area contributed by atoms with Gasteiger partial charge in [0.1, 0.15) is 0 Å². The molecule has 0 radical (unpaired) electrons. The smallest absolute Gasteiger partial charge is 0.308 e. The Hall–Kier alpha value is -2.41. The van der Waals surface area contributed by atoms with Gasteiger partial charge in [-0.3, -0.25) is 9.59 Å². The van der Waals surface area contributed by atoms with Gasteiger partial charge in [0.25, 0.3) is 5.91 Å². The predicted octanol–water partition coefficient (Wildman–Crippen LogP) is 0.455. The van der Waals surface area contributed by atoms with E-state index in [9.17, 15) is 23.1 Å². The number of carboxylic acid groups (broad SMARTS) is 1. The maximum atomic E-state index is 12.3. The van der Waals surface area contributed by atoms with Crippen LogP contribution in [-0.4, -0.2) is 51.7 Å². The molecule has 0 aromatic heterocycles. The van der Waals surface area contributed by atoms with Crippen LogP contribution in [0.4, 0.5) is 0 Å². The van der Waals surface area contributed by atoms with E-state index in [-0.39, 0.29) is 29.5 Å². The number of carbonyl (C=O) groups excluding carboxylic acids is 1. The van der Waals surface area contributed by atoms with Crippen LogP contribution in [0.25, 0.3) is 0 Å². The van der Waals surface area contributed by atoms with Crippen LogP contribution < -0.4 is 10.0 Å². The monoisotopic (exact) mass is 394 g/mol. The first-order valence-electron chi connectivity index (χ1n) is 8.47. The van der Waals surface area contributed by atoms with Gasteiger partial charge in [-0.25, -0.2) is 8.42 Å². The van der Waals surface area contributed by atoms with Gasteiger partial charge in [-0.2, -0.15) is 4.72 Å². The summed E-state index contributed by atoms with van der Waals surface area (Å²) in [5.41, 5.74) is 0.238. The number of hydrogen-bond acceptors (Lipinski definition) is 5. The second-order valence-corrected chi connectivity index (χ2v) is 7.92. The molecule has 2 rings (SSSR count). The number of carboxylic acids is 1. The van der Waals surface area contributed by atoms with Gasteiger partial charge in [-0.1, -0.05) is 5.92 Å². The van der Waals surface area contributed by atoms with Gasteiger partial charge in [0.15, 0.2) is 0 Å². The van der Waals surface area contributed by atoms with Crippen LogP contribution >= 0.6 is 0 Å². The van der Waals surface area contributed by atoms with Crippen molar-refractivity contribution in [2.24, 2.45) is 11.8 Å². The Morgan fingerprint density at radius 1 is 1.26 bits per heavy atom. The molecule has 1 unspecified atom stereocenters. The number of amides is 1. The molecule has 1 amide bonds. The Kier molecular flexibility index (Phi) is 7.36. The molecule has 1 aromatic carbocycles. The number of carbonyl (C=O) groups is 2. The van der Waals surface area contributed by atoms with Gasteiger partial charge in [-0.05, 0) is 43.0 Å². The molecule has 0 saturated carbocycles. The maximum Gasteiger partial charge on any atom is 0.308 e. The number of ether oxygens (including phenoxy) is 1. The quantitative estimate of drug-likeness (QED) is 0.551. The number of terminal acetylenes is 1. The number of sulfonamides is 1. The molecule has 1 aliphatic heterocycles. The molecule has 0 bridgehead atoms. The van der Waals surface area contributed by atoms with Crippen molar-refractivity contribution in [3.8, 4) is 12.3 Å². The summed E-state index contributed by atoms with van der Waals surface area (Å²) in [5, 5.41) is 12.0. The summed E-state index contributed by atoms with van der Waals surface area (Å²) in [6, 6.07) is 5.32. The summed E-state index contributed by atoms with van der Waals surface area (Å²) in [5.74, 6) is 0.0179. The largest absolute Gasteiger partial charge is 0.481 e. The summed E-state index contributed by atoms with van der Waals surface area (Å²) in [4.78, 5) is 23.8. The van der Waals surface area contributed by atoms with Crippen LogP contribution in [0.2, 0.25) is 0 Å². The van der Waals surface area contributed by atoms with Gasteiger partial charge in [0, 0.05) is 25.3 Å². The van der Waals surface area contributed by atoms with E-state index in [1.807, 2.05) is 0 Å². The number of benzene rings is 1. The number of rotatable bonds is 8. The van der Waals surface area contributed by atoms with Crippen LogP contribution in [0.5, 0.6) is 0 Å². The molecule has 1 aliphatic rings. The van der Waals surface area contributed by atoms with E-state index in [4.69, 9.17) is 11.2 Å². The second kappa shape index (κ2) is 9.50. The van der Waals surface area contributed by atoms with Crippen molar-refractivity contribution in [3.05, 3.63) is 29.8 Å². The maximum absolute atomic E-state index is 12.3. The summed E-state index contributed by atoms with van der Waals surface area (Å²) in [6.45, 7) is 0.911. The van der Waals surface area contributed by atoms with E-state index >= 15 is 0 Å². The zero-order valence-corrected chi connectivity index (χ0v) is 15.5. The first-order chi connectivity index (χ1) is 12.8. The summed E-state index contributed by atoms with van der Waals surface area (Å²) in [7, 11) is -3.73. The van der Waals surface area contributed by atoms with Crippen molar-refractivity contribution in [3.63, 3.8) is 0 Å². The minimum atomic E-state index is -3.73. The van der Waals surface area contributed by atoms with E-state index in [0.717, 1.165) is 0 Å². The molecule has 27 heavy (non-hydrogen) atoms. The Balaban J connectivity index is 1.99. The number of hydrogen-bond donors (Lipinski definition) is 3. The van der Waals surface area contributed by atoms with E-state index in [1.165, 1.54) is 24.3 Å². The highest BCUT2D eigenvalue weighted by Crippen LogP contribution is 2.24. The lowest BCUT2D eigenvalue weighted by Crippen LogP contribution is -2.39. The van der Waals surface area contributed by atoms with Gasteiger partial charge in [-0.15, -0.1) is 6.42 Å². The highest BCUT2D eigenvalue weighted by molar-refractivity contribution is 7.89. The Labute approximate surface area is 158 Å². The van der Waals surface area contributed by atoms with E-state index < -0.39 is 27.8 Å². The third-order valence-corrected chi connectivity index (χ3v) is 5.84. The summed E-state index contributed by atoms with van der Waals surface area (Å²) < 4.78 is 31.4. The van der Waals surface area contributed by atoms with Crippen molar-refractivity contribution in [2.45, 2.75) is 17.7 Å². The van der Waals surface area contributed by atoms with Crippen molar-refractivity contribution in [2.75, 3.05) is 26.3 Å². The summed E-state index contributed by atoms with van der Waals surface area (Å²) in [6.07, 6.45) is 6.32. The van der Waals surface area contributed by atoms with E-state index in [0.29, 0.717) is 26.1 Å². The molecule has 1 heterocycles. The fourth-order valence-corrected chi connectivity index (χ4v) is 3.82. The zero-order chi connectivity index (χ0) is 19.9. The number of aliphatic carboxylic acids is 1. The number of nitrogens with one attached hydrogen (secondary N) is 2. The van der Waals surface area contributed by atoms with Crippen molar-refractivity contribution < 1.29 is 27.9 Å². The molecule has 8 nitrogen and oxygen atoms in total.